The molecule has 1 aliphatic rings. The van der Waals surface area contributed by atoms with Crippen LogP contribution in [0.1, 0.15) is 29.7 Å². The molecule has 0 radical (unpaired) electrons. The van der Waals surface area contributed by atoms with Gasteiger partial charge in [-0.3, -0.25) is 0 Å². The Bertz CT molecular complexity index is 985. The number of aromatic nitrogens is 2. The number of methoxy groups -OCH3 is 1. The second-order valence-corrected chi connectivity index (χ2v) is 7.24. The van der Waals surface area contributed by atoms with Crippen molar-refractivity contribution >= 4 is 18.0 Å². The predicted octanol–water partition coefficient (Wildman–Crippen LogP) is 3.58. The molecular weight excluding hydrogens is 380 g/mol. The topological polar surface area (TPSA) is 70.4 Å². The van der Waals surface area contributed by atoms with Crippen molar-refractivity contribution in [1.29, 1.82) is 0 Å². The van der Waals surface area contributed by atoms with Gasteiger partial charge in [-0.1, -0.05) is 42.0 Å². The maximum atomic E-state index is 12.3. The Hall–Kier alpha value is -3.41. The van der Waals surface area contributed by atoms with E-state index in [0.717, 1.165) is 16.7 Å². The number of hydrogen-bond acceptors (Lipinski definition) is 5. The SMILES string of the molecule is COC(=O)/C=C1\C/C=C\CC(OC(=O)/C=C/c2cn(C)cn2)Cc2ccccc2C1. The molecule has 0 bridgehead atoms. The predicted molar refractivity (Wildman–Crippen MR) is 114 cm³/mol. The second kappa shape index (κ2) is 10.4. The van der Waals surface area contributed by atoms with E-state index in [1.54, 1.807) is 18.5 Å². The molecule has 0 fully saturated rings. The van der Waals surface area contributed by atoms with Gasteiger partial charge < -0.3 is 14.0 Å². The highest BCUT2D eigenvalue weighted by atomic mass is 16.5. The highest BCUT2D eigenvalue weighted by molar-refractivity contribution is 5.86. The Kier molecular flexibility index (Phi) is 7.38. The average molecular weight is 406 g/mol. The molecule has 1 heterocycles. The maximum absolute atomic E-state index is 12.3. The van der Waals surface area contributed by atoms with E-state index in [0.29, 0.717) is 31.4 Å². The Morgan fingerprint density at radius 1 is 1.17 bits per heavy atom. The Morgan fingerprint density at radius 3 is 2.70 bits per heavy atom. The van der Waals surface area contributed by atoms with Gasteiger partial charge in [0.15, 0.2) is 0 Å². The molecule has 30 heavy (non-hydrogen) atoms. The van der Waals surface area contributed by atoms with Gasteiger partial charge in [0.05, 0.1) is 19.1 Å². The molecule has 1 unspecified atom stereocenters. The minimum atomic E-state index is -0.389. The highest BCUT2D eigenvalue weighted by Crippen LogP contribution is 2.22. The van der Waals surface area contributed by atoms with Gasteiger partial charge >= 0.3 is 11.9 Å². The van der Waals surface area contributed by atoms with Gasteiger partial charge in [-0.05, 0) is 30.0 Å². The maximum Gasteiger partial charge on any atom is 0.331 e. The molecule has 0 aliphatic heterocycles. The van der Waals surface area contributed by atoms with Crippen molar-refractivity contribution in [2.24, 2.45) is 7.05 Å². The number of ether oxygens (including phenoxy) is 2. The lowest BCUT2D eigenvalue weighted by molar-refractivity contribution is -0.142. The van der Waals surface area contributed by atoms with Gasteiger partial charge in [0.1, 0.15) is 6.10 Å². The number of benzene rings is 1. The summed E-state index contributed by atoms with van der Waals surface area (Å²) in [5.41, 5.74) is 3.91. The molecule has 3 rings (SSSR count). The van der Waals surface area contributed by atoms with E-state index in [1.807, 2.05) is 54.2 Å². The van der Waals surface area contributed by atoms with Crippen LogP contribution < -0.4 is 0 Å². The number of carbonyl (C=O) groups is 2. The molecule has 2 aromatic rings. The van der Waals surface area contributed by atoms with Gasteiger partial charge in [0, 0.05) is 38.2 Å². The number of rotatable bonds is 4. The first-order valence-electron chi connectivity index (χ1n) is 9.89. The number of fused-ring (bicyclic) bond motifs is 1. The quantitative estimate of drug-likeness (QED) is 0.441. The van der Waals surface area contributed by atoms with E-state index in [2.05, 4.69) is 4.98 Å². The van der Waals surface area contributed by atoms with Gasteiger partial charge in [0.25, 0.3) is 0 Å². The van der Waals surface area contributed by atoms with Crippen LogP contribution in [0.25, 0.3) is 6.08 Å². The lowest BCUT2D eigenvalue weighted by Crippen LogP contribution is -2.20. The van der Waals surface area contributed by atoms with Gasteiger partial charge in [-0.2, -0.15) is 0 Å². The number of nitrogens with zero attached hydrogens (tertiary/aromatic N) is 2. The van der Waals surface area contributed by atoms with Crippen molar-refractivity contribution < 1.29 is 19.1 Å². The van der Waals surface area contributed by atoms with Crippen LogP contribution in [0.5, 0.6) is 0 Å². The molecule has 156 valence electrons. The number of allylic oxidation sites excluding steroid dienone is 2. The standard InChI is InChI=1S/C24H26N2O4/c1-26-16-21(25-17-26)11-12-23(27)30-22-10-6-3-7-18(14-24(28)29-2)13-19-8-4-5-9-20(19)15-22/h3-6,8-9,11-12,14,16-17,22H,7,10,13,15H2,1-2H3/b6-3-,12-11+,18-14+. The van der Waals surface area contributed by atoms with E-state index < -0.39 is 0 Å². The van der Waals surface area contributed by atoms with E-state index in [9.17, 15) is 9.59 Å². The number of carbonyl (C=O) groups excluding carboxylic acids is 2. The summed E-state index contributed by atoms with van der Waals surface area (Å²) in [5.74, 6) is -0.737. The van der Waals surface area contributed by atoms with Crippen molar-refractivity contribution in [2.45, 2.75) is 31.8 Å². The monoisotopic (exact) mass is 406 g/mol. The van der Waals surface area contributed by atoms with Crippen molar-refractivity contribution in [3.8, 4) is 0 Å². The van der Waals surface area contributed by atoms with Crippen LogP contribution in [0.2, 0.25) is 0 Å². The van der Waals surface area contributed by atoms with Crippen LogP contribution in [-0.4, -0.2) is 34.7 Å². The fraction of sp³-hybridized carbons (Fsp3) is 0.292. The zero-order valence-corrected chi connectivity index (χ0v) is 17.3. The summed E-state index contributed by atoms with van der Waals surface area (Å²) in [7, 11) is 3.25. The number of aryl methyl sites for hydroxylation is 1. The van der Waals surface area contributed by atoms with Crippen molar-refractivity contribution in [3.05, 3.63) is 83.5 Å². The van der Waals surface area contributed by atoms with Crippen LogP contribution in [0, 0.1) is 0 Å². The molecule has 1 atom stereocenters. The summed E-state index contributed by atoms with van der Waals surface area (Å²) >= 11 is 0. The van der Waals surface area contributed by atoms with E-state index >= 15 is 0 Å². The number of esters is 2. The smallest absolute Gasteiger partial charge is 0.331 e. The second-order valence-electron chi connectivity index (χ2n) is 7.24. The Balaban J connectivity index is 1.74. The van der Waals surface area contributed by atoms with E-state index in [-0.39, 0.29) is 18.0 Å². The van der Waals surface area contributed by atoms with Crippen LogP contribution in [0.15, 0.2) is 66.7 Å². The minimum absolute atomic E-state index is 0.269. The van der Waals surface area contributed by atoms with Crippen molar-refractivity contribution in [1.82, 2.24) is 9.55 Å². The third-order valence-electron chi connectivity index (χ3n) is 4.85. The first kappa shape index (κ1) is 21.3. The van der Waals surface area contributed by atoms with Gasteiger partial charge in [-0.25, -0.2) is 14.6 Å². The summed E-state index contributed by atoms with van der Waals surface area (Å²) in [4.78, 5) is 28.2. The molecule has 1 aliphatic carbocycles. The van der Waals surface area contributed by atoms with Crippen LogP contribution >= 0.6 is 0 Å². The minimum Gasteiger partial charge on any atom is -0.466 e. The van der Waals surface area contributed by atoms with Gasteiger partial charge in [-0.15, -0.1) is 0 Å². The van der Waals surface area contributed by atoms with E-state index in [1.165, 1.54) is 13.2 Å². The average Bonchev–Trinajstić information content (AvgIpc) is 3.15. The molecule has 1 aromatic heterocycles. The number of hydrogen-bond donors (Lipinski definition) is 0. The van der Waals surface area contributed by atoms with Crippen molar-refractivity contribution in [2.75, 3.05) is 7.11 Å². The van der Waals surface area contributed by atoms with Crippen molar-refractivity contribution in [3.63, 3.8) is 0 Å². The summed E-state index contributed by atoms with van der Waals surface area (Å²) < 4.78 is 12.3. The largest absolute Gasteiger partial charge is 0.466 e. The zero-order valence-electron chi connectivity index (χ0n) is 17.3. The van der Waals surface area contributed by atoms with E-state index in [4.69, 9.17) is 9.47 Å². The number of imidazole rings is 1. The molecule has 0 amide bonds. The fourth-order valence-corrected chi connectivity index (χ4v) is 3.36. The van der Waals surface area contributed by atoms with Crippen LogP contribution in [-0.2, 0) is 39.0 Å². The summed E-state index contributed by atoms with van der Waals surface area (Å²) in [5, 5.41) is 0. The first-order valence-corrected chi connectivity index (χ1v) is 9.89. The summed E-state index contributed by atoms with van der Waals surface area (Å²) in [6.07, 6.45) is 14.4. The van der Waals surface area contributed by atoms with Crippen LogP contribution in [0.4, 0.5) is 0 Å². The Labute approximate surface area is 176 Å². The highest BCUT2D eigenvalue weighted by Gasteiger charge is 2.17. The van der Waals surface area contributed by atoms with Gasteiger partial charge in [0.2, 0.25) is 0 Å². The molecule has 6 heteroatoms. The molecule has 0 saturated carbocycles. The fourth-order valence-electron chi connectivity index (χ4n) is 3.36. The molecule has 6 nitrogen and oxygen atoms in total. The summed E-state index contributed by atoms with van der Waals surface area (Å²) in [6.45, 7) is 0. The molecular formula is C24H26N2O4. The van der Waals surface area contributed by atoms with Crippen LogP contribution in [0.3, 0.4) is 0 Å². The normalized spacial score (nSPS) is 19.3. The third-order valence-corrected chi connectivity index (χ3v) is 4.85. The first-order chi connectivity index (χ1) is 14.5. The Morgan fingerprint density at radius 2 is 1.97 bits per heavy atom. The summed E-state index contributed by atoms with van der Waals surface area (Å²) in [6, 6.07) is 8.05. The third kappa shape index (κ3) is 6.30. The molecule has 0 spiro atoms. The zero-order chi connectivity index (χ0) is 21.3. The molecule has 1 aromatic carbocycles. The molecule has 0 saturated heterocycles. The lowest BCUT2D eigenvalue weighted by atomic mass is 9.92. The molecule has 0 N–H and O–H groups in total. The lowest BCUT2D eigenvalue weighted by Gasteiger charge is -2.19.